The molecule has 2 aromatic rings. The third-order valence-corrected chi connectivity index (χ3v) is 4.24. The van der Waals surface area contributed by atoms with Gasteiger partial charge in [-0.1, -0.05) is 13.8 Å². The zero-order chi connectivity index (χ0) is 14.9. The van der Waals surface area contributed by atoms with E-state index in [-0.39, 0.29) is 5.92 Å². The molecule has 0 saturated carbocycles. The van der Waals surface area contributed by atoms with Crippen LogP contribution in [0.1, 0.15) is 41.9 Å². The largest absolute Gasteiger partial charge is 0.462 e. The number of nitrogen functional groups attached to an aromatic ring is 1. The summed E-state index contributed by atoms with van der Waals surface area (Å²) in [6, 6.07) is 3.44. The molecule has 2 rings (SSSR count). The Bertz CT molecular complexity index is 630. The van der Waals surface area contributed by atoms with E-state index in [1.807, 2.05) is 13.8 Å². The SMILES string of the molecule is CCOC(=O)c1sc(-c2ccc(Cl)o2)c(C(C)C)c1N. The average Bonchev–Trinajstić information content (AvgIpc) is 2.93. The molecule has 2 heterocycles. The number of hydrogen-bond donors (Lipinski definition) is 1. The second kappa shape index (κ2) is 5.89. The van der Waals surface area contributed by atoms with Gasteiger partial charge in [0.2, 0.25) is 0 Å². The highest BCUT2D eigenvalue weighted by Crippen LogP contribution is 2.43. The van der Waals surface area contributed by atoms with Crippen LogP contribution in [0.25, 0.3) is 10.6 Å². The minimum atomic E-state index is -0.402. The van der Waals surface area contributed by atoms with Crippen molar-refractivity contribution in [2.45, 2.75) is 26.7 Å². The third kappa shape index (κ3) is 2.69. The van der Waals surface area contributed by atoms with E-state index < -0.39 is 5.97 Å². The van der Waals surface area contributed by atoms with Crippen LogP contribution in [0.15, 0.2) is 16.5 Å². The Balaban J connectivity index is 2.56. The van der Waals surface area contributed by atoms with Gasteiger partial charge in [-0.25, -0.2) is 4.79 Å². The van der Waals surface area contributed by atoms with Crippen molar-refractivity contribution < 1.29 is 13.9 Å². The highest BCUT2D eigenvalue weighted by Gasteiger charge is 2.25. The van der Waals surface area contributed by atoms with Gasteiger partial charge in [-0.05, 0) is 36.6 Å². The number of carbonyl (C=O) groups excluding carboxylic acids is 1. The fourth-order valence-corrected chi connectivity index (χ4v) is 3.38. The van der Waals surface area contributed by atoms with Crippen molar-refractivity contribution in [3.8, 4) is 10.6 Å². The van der Waals surface area contributed by atoms with Crippen molar-refractivity contribution in [2.24, 2.45) is 0 Å². The van der Waals surface area contributed by atoms with Crippen LogP contribution in [-0.4, -0.2) is 12.6 Å². The zero-order valence-electron chi connectivity index (χ0n) is 11.5. The number of furan rings is 1. The molecule has 0 spiro atoms. The fourth-order valence-electron chi connectivity index (χ4n) is 2.00. The van der Waals surface area contributed by atoms with E-state index in [0.717, 1.165) is 10.4 Å². The first-order chi connectivity index (χ1) is 9.45. The molecule has 0 amide bonds. The van der Waals surface area contributed by atoms with Crippen LogP contribution >= 0.6 is 22.9 Å². The van der Waals surface area contributed by atoms with Crippen molar-refractivity contribution >= 4 is 34.6 Å². The van der Waals surface area contributed by atoms with Gasteiger partial charge in [-0.15, -0.1) is 11.3 Å². The van der Waals surface area contributed by atoms with Crippen LogP contribution in [0.2, 0.25) is 5.22 Å². The lowest BCUT2D eigenvalue weighted by atomic mass is 10.0. The summed E-state index contributed by atoms with van der Waals surface area (Å²) in [5, 5.41) is 0.305. The van der Waals surface area contributed by atoms with E-state index in [1.165, 1.54) is 11.3 Å². The molecule has 0 aliphatic heterocycles. The molecule has 4 nitrogen and oxygen atoms in total. The summed E-state index contributed by atoms with van der Waals surface area (Å²) >= 11 is 7.09. The number of anilines is 1. The molecule has 0 aliphatic rings. The molecular weight excluding hydrogens is 298 g/mol. The van der Waals surface area contributed by atoms with Gasteiger partial charge in [0.1, 0.15) is 10.6 Å². The number of nitrogens with two attached hydrogens (primary N) is 1. The summed E-state index contributed by atoms with van der Waals surface area (Å²) in [6.45, 7) is 6.11. The molecule has 108 valence electrons. The average molecular weight is 314 g/mol. The van der Waals surface area contributed by atoms with E-state index in [2.05, 4.69) is 0 Å². The van der Waals surface area contributed by atoms with Gasteiger partial charge < -0.3 is 14.9 Å². The number of esters is 1. The minimum Gasteiger partial charge on any atom is -0.462 e. The molecule has 0 unspecified atom stereocenters. The van der Waals surface area contributed by atoms with Crippen molar-refractivity contribution in [1.82, 2.24) is 0 Å². The van der Waals surface area contributed by atoms with Crippen LogP contribution in [-0.2, 0) is 4.74 Å². The molecule has 0 aliphatic carbocycles. The van der Waals surface area contributed by atoms with Gasteiger partial charge in [0.05, 0.1) is 17.2 Å². The van der Waals surface area contributed by atoms with Gasteiger partial charge in [0.15, 0.2) is 5.22 Å². The summed E-state index contributed by atoms with van der Waals surface area (Å²) in [5.41, 5.74) is 7.47. The Hall–Kier alpha value is -1.46. The van der Waals surface area contributed by atoms with E-state index in [1.54, 1.807) is 19.1 Å². The molecule has 0 saturated heterocycles. The Labute approximate surface area is 126 Å². The Morgan fingerprint density at radius 1 is 1.50 bits per heavy atom. The van der Waals surface area contributed by atoms with Crippen LogP contribution < -0.4 is 5.73 Å². The Kier molecular flexibility index (Phi) is 4.40. The van der Waals surface area contributed by atoms with E-state index >= 15 is 0 Å². The van der Waals surface area contributed by atoms with Crippen molar-refractivity contribution in [2.75, 3.05) is 12.3 Å². The lowest BCUT2D eigenvalue weighted by Crippen LogP contribution is -2.06. The number of halogens is 1. The molecule has 0 fully saturated rings. The molecule has 0 atom stereocenters. The van der Waals surface area contributed by atoms with Crippen molar-refractivity contribution in [3.05, 3.63) is 27.8 Å². The van der Waals surface area contributed by atoms with Gasteiger partial charge in [0, 0.05) is 5.56 Å². The minimum absolute atomic E-state index is 0.160. The van der Waals surface area contributed by atoms with Crippen LogP contribution in [0.5, 0.6) is 0 Å². The number of thiophene rings is 1. The lowest BCUT2D eigenvalue weighted by molar-refractivity contribution is 0.0533. The maximum absolute atomic E-state index is 11.9. The van der Waals surface area contributed by atoms with Gasteiger partial charge in [-0.3, -0.25) is 0 Å². The van der Waals surface area contributed by atoms with Crippen molar-refractivity contribution in [1.29, 1.82) is 0 Å². The van der Waals surface area contributed by atoms with Crippen LogP contribution in [0.4, 0.5) is 5.69 Å². The van der Waals surface area contributed by atoms with Gasteiger partial charge in [0.25, 0.3) is 0 Å². The molecule has 2 aromatic heterocycles. The molecular formula is C14H16ClNO3S. The summed E-state index contributed by atoms with van der Waals surface area (Å²) in [5.74, 6) is 0.375. The van der Waals surface area contributed by atoms with E-state index in [9.17, 15) is 4.79 Å². The first kappa shape index (κ1) is 14.9. The summed E-state index contributed by atoms with van der Waals surface area (Å²) in [6.07, 6.45) is 0. The van der Waals surface area contributed by atoms with Crippen LogP contribution in [0.3, 0.4) is 0 Å². The summed E-state index contributed by atoms with van der Waals surface area (Å²) in [4.78, 5) is 13.2. The van der Waals surface area contributed by atoms with E-state index in [4.69, 9.17) is 26.5 Å². The monoisotopic (exact) mass is 313 g/mol. The second-order valence-electron chi connectivity index (χ2n) is 4.57. The van der Waals surface area contributed by atoms with Crippen LogP contribution in [0, 0.1) is 0 Å². The summed E-state index contributed by atoms with van der Waals surface area (Å²) in [7, 11) is 0. The highest BCUT2D eigenvalue weighted by atomic mass is 35.5. The van der Waals surface area contributed by atoms with Crippen molar-refractivity contribution in [3.63, 3.8) is 0 Å². The Morgan fingerprint density at radius 3 is 2.70 bits per heavy atom. The van der Waals surface area contributed by atoms with Gasteiger partial charge >= 0.3 is 5.97 Å². The number of carbonyl (C=O) groups is 1. The highest BCUT2D eigenvalue weighted by molar-refractivity contribution is 7.18. The first-order valence-electron chi connectivity index (χ1n) is 6.30. The maximum atomic E-state index is 11.9. The second-order valence-corrected chi connectivity index (χ2v) is 5.96. The number of hydrogen-bond acceptors (Lipinski definition) is 5. The predicted molar refractivity (Wildman–Crippen MR) is 81.5 cm³/mol. The maximum Gasteiger partial charge on any atom is 0.350 e. The lowest BCUT2D eigenvalue weighted by Gasteiger charge is -2.07. The molecule has 0 radical (unpaired) electrons. The van der Waals surface area contributed by atoms with Gasteiger partial charge in [-0.2, -0.15) is 0 Å². The molecule has 6 heteroatoms. The third-order valence-electron chi connectivity index (χ3n) is 2.82. The molecule has 2 N–H and O–H groups in total. The Morgan fingerprint density at radius 2 is 2.20 bits per heavy atom. The molecule has 0 aromatic carbocycles. The molecule has 20 heavy (non-hydrogen) atoms. The number of rotatable bonds is 4. The first-order valence-corrected chi connectivity index (χ1v) is 7.50. The standard InChI is InChI=1S/C14H16ClNO3S/c1-4-18-14(17)13-11(16)10(7(2)3)12(20-13)8-5-6-9(15)19-8/h5-7H,4,16H2,1-3H3. The normalized spacial score (nSPS) is 11.1. The zero-order valence-corrected chi connectivity index (χ0v) is 13.1. The molecule has 0 bridgehead atoms. The summed E-state index contributed by atoms with van der Waals surface area (Å²) < 4.78 is 10.5. The van der Waals surface area contributed by atoms with E-state index in [0.29, 0.717) is 28.2 Å². The quantitative estimate of drug-likeness (QED) is 0.841. The predicted octanol–water partition coefficient (Wildman–Crippen LogP) is 4.54. The number of ether oxygens (including phenoxy) is 1. The topological polar surface area (TPSA) is 65.5 Å². The fraction of sp³-hybridized carbons (Fsp3) is 0.357. The smallest absolute Gasteiger partial charge is 0.350 e.